The van der Waals surface area contributed by atoms with Gasteiger partial charge in [0.25, 0.3) is 0 Å². The summed E-state index contributed by atoms with van der Waals surface area (Å²) in [6, 6.07) is 0. The quantitative estimate of drug-likeness (QED) is 0.0222. The fraction of sp³-hybridized carbons (Fsp3) is 0.947. The Bertz CT molecular complexity index is 1820. The number of ether oxygens (including phenoxy) is 4. The zero-order chi connectivity index (χ0) is 69.3. The molecule has 0 aliphatic rings. The Morgan fingerprint density at radius 3 is 0.755 bits per heavy atom. The van der Waals surface area contributed by atoms with E-state index in [1.165, 1.54) is 205 Å². The van der Waals surface area contributed by atoms with Crippen molar-refractivity contribution >= 4 is 39.5 Å². The monoisotopic (exact) mass is 1380 g/mol. The maximum Gasteiger partial charge on any atom is 0.472 e. The van der Waals surface area contributed by atoms with Crippen molar-refractivity contribution < 1.29 is 80.2 Å². The van der Waals surface area contributed by atoms with Gasteiger partial charge in [-0.25, -0.2) is 9.13 Å². The molecule has 0 rings (SSSR count). The van der Waals surface area contributed by atoms with E-state index < -0.39 is 97.5 Å². The Morgan fingerprint density at radius 1 is 0.298 bits per heavy atom. The molecule has 0 radical (unpaired) electrons. The summed E-state index contributed by atoms with van der Waals surface area (Å²) in [5.74, 6) is -0.504. The fourth-order valence-corrected chi connectivity index (χ4v) is 13.0. The van der Waals surface area contributed by atoms with E-state index in [9.17, 15) is 43.2 Å². The molecule has 0 spiro atoms. The number of unbranched alkanes of at least 4 members (excludes halogenated alkanes) is 42. The molecule has 0 heterocycles. The standard InChI is InChI=1S/C75H146O17P2/c1-7-11-13-15-17-19-20-21-22-23-24-25-26-35-41-47-53-59-74(79)91-71(64-86-73(78)58-52-46-40-34-29-27-32-37-43-49-55-67(5)9-3)66-90-94(83,84)88-62-69(76)61-87-93(81,82)89-65-70(63-85-72(77)57-51-45-39-31-18-16-14-12-8-2)92-75(80)60-54-48-42-36-30-28-33-38-44-50-56-68(6)10-4/h67-71,76H,7-66H2,1-6H3,(H,81,82)(H,83,84)/t67?,68?,69-,70+,71+/m0/s1. The van der Waals surface area contributed by atoms with Crippen molar-refractivity contribution in [3.8, 4) is 0 Å². The van der Waals surface area contributed by atoms with Crippen LogP contribution >= 0.6 is 15.6 Å². The van der Waals surface area contributed by atoms with Gasteiger partial charge in [0, 0.05) is 25.7 Å². The van der Waals surface area contributed by atoms with Crippen LogP contribution in [0.15, 0.2) is 0 Å². The number of hydrogen-bond donors (Lipinski definition) is 3. The Labute approximate surface area is 575 Å². The second-order valence-corrected chi connectivity index (χ2v) is 30.4. The van der Waals surface area contributed by atoms with Gasteiger partial charge in [0.1, 0.15) is 19.3 Å². The Kier molecular flexibility index (Phi) is 65.5. The molecule has 4 unspecified atom stereocenters. The summed E-state index contributed by atoms with van der Waals surface area (Å²) in [4.78, 5) is 72.8. The van der Waals surface area contributed by atoms with E-state index in [1.807, 2.05) is 0 Å². The second kappa shape index (κ2) is 66.9. The van der Waals surface area contributed by atoms with Gasteiger partial charge in [-0.2, -0.15) is 0 Å². The molecular weight excluding hydrogens is 1230 g/mol. The van der Waals surface area contributed by atoms with Crippen LogP contribution in [0.4, 0.5) is 0 Å². The van der Waals surface area contributed by atoms with Gasteiger partial charge in [0.15, 0.2) is 12.2 Å². The first-order valence-corrected chi connectivity index (χ1v) is 42.1. The molecule has 0 amide bonds. The van der Waals surface area contributed by atoms with Crippen LogP contribution in [0.2, 0.25) is 0 Å². The van der Waals surface area contributed by atoms with Crippen LogP contribution in [0.1, 0.15) is 388 Å². The summed E-state index contributed by atoms with van der Waals surface area (Å²) in [6.45, 7) is 9.63. The number of hydrogen-bond acceptors (Lipinski definition) is 15. The average Bonchev–Trinajstić information content (AvgIpc) is 2.57. The molecule has 19 heteroatoms. The summed E-state index contributed by atoms with van der Waals surface area (Å²) in [5, 5.41) is 10.6. The van der Waals surface area contributed by atoms with Gasteiger partial charge in [-0.15, -0.1) is 0 Å². The molecule has 0 fully saturated rings. The Hall–Kier alpha value is -1.94. The van der Waals surface area contributed by atoms with E-state index in [4.69, 9.17) is 37.0 Å². The number of carbonyl (C=O) groups is 4. The summed E-state index contributed by atoms with van der Waals surface area (Å²) in [7, 11) is -9.91. The number of carbonyl (C=O) groups excluding carboxylic acids is 4. The van der Waals surface area contributed by atoms with Crippen molar-refractivity contribution in [2.75, 3.05) is 39.6 Å². The van der Waals surface area contributed by atoms with Crippen molar-refractivity contribution in [3.63, 3.8) is 0 Å². The predicted molar refractivity (Wildman–Crippen MR) is 381 cm³/mol. The lowest BCUT2D eigenvalue weighted by molar-refractivity contribution is -0.161. The average molecular weight is 1380 g/mol. The zero-order valence-electron chi connectivity index (χ0n) is 61.3. The smallest absolute Gasteiger partial charge is 0.462 e. The van der Waals surface area contributed by atoms with Crippen molar-refractivity contribution in [2.45, 2.75) is 407 Å². The maximum absolute atomic E-state index is 13.1. The Morgan fingerprint density at radius 2 is 0.511 bits per heavy atom. The molecule has 0 aliphatic heterocycles. The van der Waals surface area contributed by atoms with E-state index in [0.717, 1.165) is 102 Å². The molecule has 7 atom stereocenters. The SMILES string of the molecule is CCCCCCCCCCCCCCCCCCCC(=O)O[C@H](COC(=O)CCCCCCCCCCCCC(C)CC)COP(=O)(O)OC[C@@H](O)COP(=O)(O)OC[C@@H](COC(=O)CCCCCCCCCCC)OC(=O)CCCCCCCCCCCCC(C)CC. The molecule has 17 nitrogen and oxygen atoms in total. The molecule has 0 saturated carbocycles. The highest BCUT2D eigenvalue weighted by atomic mass is 31.2. The van der Waals surface area contributed by atoms with E-state index in [2.05, 4.69) is 41.5 Å². The fourth-order valence-electron chi connectivity index (χ4n) is 11.4. The minimum Gasteiger partial charge on any atom is -0.462 e. The third-order valence-electron chi connectivity index (χ3n) is 18.2. The van der Waals surface area contributed by atoms with Gasteiger partial charge < -0.3 is 33.8 Å². The molecule has 0 aliphatic carbocycles. The number of rotatable bonds is 74. The van der Waals surface area contributed by atoms with E-state index in [1.54, 1.807) is 0 Å². The van der Waals surface area contributed by atoms with Gasteiger partial charge in [-0.1, -0.05) is 337 Å². The molecule has 3 N–H and O–H groups in total. The summed E-state index contributed by atoms with van der Waals surface area (Å²) >= 11 is 0. The van der Waals surface area contributed by atoms with Crippen molar-refractivity contribution in [2.24, 2.45) is 11.8 Å². The van der Waals surface area contributed by atoms with Crippen LogP contribution in [0.5, 0.6) is 0 Å². The van der Waals surface area contributed by atoms with Crippen LogP contribution in [-0.2, 0) is 65.4 Å². The first-order chi connectivity index (χ1) is 45.4. The number of aliphatic hydroxyl groups excluding tert-OH is 1. The Balaban J connectivity index is 5.24. The van der Waals surface area contributed by atoms with Gasteiger partial charge >= 0.3 is 39.5 Å². The molecule has 558 valence electrons. The first-order valence-electron chi connectivity index (χ1n) is 39.1. The van der Waals surface area contributed by atoms with E-state index in [-0.39, 0.29) is 25.7 Å². The molecule has 0 aromatic rings. The summed E-state index contributed by atoms with van der Waals surface area (Å²) < 4.78 is 68.5. The van der Waals surface area contributed by atoms with Gasteiger partial charge in [0.2, 0.25) is 0 Å². The van der Waals surface area contributed by atoms with Crippen molar-refractivity contribution in [1.29, 1.82) is 0 Å². The molecule has 0 bridgehead atoms. The second-order valence-electron chi connectivity index (χ2n) is 27.5. The number of aliphatic hydroxyl groups is 1. The minimum atomic E-state index is -4.96. The van der Waals surface area contributed by atoms with Crippen LogP contribution < -0.4 is 0 Å². The number of phosphoric acid groups is 2. The van der Waals surface area contributed by atoms with Gasteiger partial charge in [0.05, 0.1) is 26.4 Å². The number of esters is 4. The van der Waals surface area contributed by atoms with Gasteiger partial charge in [-0.05, 0) is 37.5 Å². The van der Waals surface area contributed by atoms with Crippen LogP contribution in [0.25, 0.3) is 0 Å². The number of phosphoric ester groups is 2. The van der Waals surface area contributed by atoms with Crippen LogP contribution in [0.3, 0.4) is 0 Å². The molecule has 0 aromatic heterocycles. The third kappa shape index (κ3) is 66.0. The molecule has 0 saturated heterocycles. The van der Waals surface area contributed by atoms with E-state index in [0.29, 0.717) is 25.7 Å². The lowest BCUT2D eigenvalue weighted by atomic mass is 9.99. The largest absolute Gasteiger partial charge is 0.472 e. The third-order valence-corrected chi connectivity index (χ3v) is 20.1. The van der Waals surface area contributed by atoms with Crippen molar-refractivity contribution in [3.05, 3.63) is 0 Å². The summed E-state index contributed by atoms with van der Waals surface area (Å²) in [5.41, 5.74) is 0. The highest BCUT2D eigenvalue weighted by Gasteiger charge is 2.30. The molecule has 94 heavy (non-hydrogen) atoms. The van der Waals surface area contributed by atoms with E-state index >= 15 is 0 Å². The molecular formula is C75H146O17P2. The predicted octanol–water partition coefficient (Wildman–Crippen LogP) is 21.9. The highest BCUT2D eigenvalue weighted by molar-refractivity contribution is 7.47. The first kappa shape index (κ1) is 92.1. The normalized spacial score (nSPS) is 14.6. The topological polar surface area (TPSA) is 237 Å². The highest BCUT2D eigenvalue weighted by Crippen LogP contribution is 2.45. The van der Waals surface area contributed by atoms with Crippen LogP contribution in [-0.4, -0.2) is 96.7 Å². The minimum absolute atomic E-state index is 0.106. The maximum atomic E-state index is 13.1. The summed E-state index contributed by atoms with van der Waals surface area (Å²) in [6.07, 6.45) is 53.9. The van der Waals surface area contributed by atoms with Crippen molar-refractivity contribution in [1.82, 2.24) is 0 Å². The van der Waals surface area contributed by atoms with Crippen LogP contribution in [0, 0.1) is 11.8 Å². The molecule has 0 aromatic carbocycles. The zero-order valence-corrected chi connectivity index (χ0v) is 63.1. The lowest BCUT2D eigenvalue weighted by Gasteiger charge is -2.21. The lowest BCUT2D eigenvalue weighted by Crippen LogP contribution is -2.30. The van der Waals surface area contributed by atoms with Gasteiger partial charge in [-0.3, -0.25) is 37.3 Å².